The van der Waals surface area contributed by atoms with E-state index in [0.29, 0.717) is 0 Å². The van der Waals surface area contributed by atoms with Crippen molar-refractivity contribution in [3.63, 3.8) is 0 Å². The van der Waals surface area contributed by atoms with Gasteiger partial charge < -0.3 is 9.73 Å². The smallest absolute Gasteiger partial charge is 0.106 e. The molecule has 4 heteroatoms. The van der Waals surface area contributed by atoms with E-state index < -0.39 is 0 Å². The Bertz CT molecular complexity index is 489. The standard InChI is InChI=1S/C12H14ClNOS/c1-7-6-9(8(2)15-7)11(14-3)12-10(13)4-5-16-12/h4-6,11,14H,1-3H3. The minimum absolute atomic E-state index is 0.116. The van der Waals surface area contributed by atoms with Crippen LogP contribution in [0.4, 0.5) is 0 Å². The van der Waals surface area contributed by atoms with E-state index in [9.17, 15) is 0 Å². The number of nitrogens with one attached hydrogen (secondary N) is 1. The third-order valence-electron chi connectivity index (χ3n) is 2.59. The Hall–Kier alpha value is -0.770. The highest BCUT2D eigenvalue weighted by atomic mass is 35.5. The van der Waals surface area contributed by atoms with Crippen LogP contribution in [-0.2, 0) is 0 Å². The molecule has 16 heavy (non-hydrogen) atoms. The Labute approximate surface area is 104 Å². The minimum Gasteiger partial charge on any atom is -0.466 e. The number of hydrogen-bond acceptors (Lipinski definition) is 3. The molecule has 2 nitrogen and oxygen atoms in total. The SMILES string of the molecule is CNC(c1cc(C)oc1C)c1sccc1Cl. The van der Waals surface area contributed by atoms with Gasteiger partial charge in [0, 0.05) is 10.4 Å². The molecule has 0 spiro atoms. The van der Waals surface area contributed by atoms with Crippen LogP contribution >= 0.6 is 22.9 Å². The molecule has 0 saturated carbocycles. The molecule has 2 aromatic heterocycles. The minimum atomic E-state index is 0.116. The van der Waals surface area contributed by atoms with E-state index in [4.69, 9.17) is 16.0 Å². The van der Waals surface area contributed by atoms with Gasteiger partial charge in [-0.15, -0.1) is 11.3 Å². The van der Waals surface area contributed by atoms with E-state index in [2.05, 4.69) is 11.4 Å². The summed E-state index contributed by atoms with van der Waals surface area (Å²) in [6, 6.07) is 4.10. The topological polar surface area (TPSA) is 25.2 Å². The van der Waals surface area contributed by atoms with Crippen LogP contribution in [0.15, 0.2) is 21.9 Å². The van der Waals surface area contributed by atoms with E-state index in [1.807, 2.05) is 32.3 Å². The summed E-state index contributed by atoms with van der Waals surface area (Å²) in [5.41, 5.74) is 1.16. The zero-order valence-electron chi connectivity index (χ0n) is 9.50. The van der Waals surface area contributed by atoms with E-state index >= 15 is 0 Å². The van der Waals surface area contributed by atoms with E-state index in [1.165, 1.54) is 0 Å². The van der Waals surface area contributed by atoms with Crippen molar-refractivity contribution in [2.75, 3.05) is 7.05 Å². The molecule has 0 aliphatic carbocycles. The van der Waals surface area contributed by atoms with Gasteiger partial charge in [0.15, 0.2) is 0 Å². The second kappa shape index (κ2) is 4.62. The Morgan fingerprint density at radius 3 is 2.62 bits per heavy atom. The highest BCUT2D eigenvalue weighted by molar-refractivity contribution is 7.10. The lowest BCUT2D eigenvalue weighted by Gasteiger charge is -2.14. The molecule has 0 amide bonds. The average Bonchev–Trinajstić information content (AvgIpc) is 2.77. The predicted molar refractivity (Wildman–Crippen MR) is 68.4 cm³/mol. The first-order valence-corrected chi connectivity index (χ1v) is 6.36. The zero-order valence-corrected chi connectivity index (χ0v) is 11.1. The lowest BCUT2D eigenvalue weighted by atomic mass is 10.1. The van der Waals surface area contributed by atoms with Gasteiger partial charge in [-0.05, 0) is 38.4 Å². The highest BCUT2D eigenvalue weighted by Crippen LogP contribution is 2.34. The summed E-state index contributed by atoms with van der Waals surface area (Å²) in [6.07, 6.45) is 0. The molecule has 1 unspecified atom stereocenters. The summed E-state index contributed by atoms with van der Waals surface area (Å²) in [7, 11) is 1.93. The van der Waals surface area contributed by atoms with Crippen LogP contribution in [0.2, 0.25) is 5.02 Å². The molecule has 86 valence electrons. The third-order valence-corrected chi connectivity index (χ3v) is 4.01. The average molecular weight is 256 g/mol. The van der Waals surface area contributed by atoms with Crippen molar-refractivity contribution in [3.05, 3.63) is 44.5 Å². The van der Waals surface area contributed by atoms with Gasteiger partial charge in [-0.3, -0.25) is 0 Å². The summed E-state index contributed by atoms with van der Waals surface area (Å²) in [5.74, 6) is 1.88. The number of aryl methyl sites for hydroxylation is 2. The molecule has 0 saturated heterocycles. The lowest BCUT2D eigenvalue weighted by molar-refractivity contribution is 0.497. The molecular formula is C12H14ClNOS. The third kappa shape index (κ3) is 2.03. The van der Waals surface area contributed by atoms with Crippen molar-refractivity contribution < 1.29 is 4.42 Å². The fraction of sp³-hybridized carbons (Fsp3) is 0.333. The molecule has 0 aliphatic heterocycles. The maximum absolute atomic E-state index is 6.16. The van der Waals surface area contributed by atoms with Crippen LogP contribution in [0, 0.1) is 13.8 Å². The highest BCUT2D eigenvalue weighted by Gasteiger charge is 2.20. The fourth-order valence-corrected chi connectivity index (χ4v) is 3.17. The number of rotatable bonds is 3. The van der Waals surface area contributed by atoms with E-state index in [-0.39, 0.29) is 6.04 Å². The zero-order chi connectivity index (χ0) is 11.7. The number of halogens is 1. The van der Waals surface area contributed by atoms with Crippen molar-refractivity contribution >= 4 is 22.9 Å². The molecule has 1 N–H and O–H groups in total. The Balaban J connectivity index is 2.44. The first-order chi connectivity index (χ1) is 7.63. The van der Waals surface area contributed by atoms with Gasteiger partial charge in [0.2, 0.25) is 0 Å². The molecule has 2 rings (SSSR count). The van der Waals surface area contributed by atoms with E-state index in [0.717, 1.165) is 27.0 Å². The molecular weight excluding hydrogens is 242 g/mol. The van der Waals surface area contributed by atoms with Gasteiger partial charge in [-0.1, -0.05) is 11.6 Å². The normalized spacial score (nSPS) is 13.0. The first-order valence-electron chi connectivity index (χ1n) is 5.10. The number of thiophene rings is 1. The maximum atomic E-state index is 6.16. The number of hydrogen-bond donors (Lipinski definition) is 1. The summed E-state index contributed by atoms with van der Waals surface area (Å²) >= 11 is 7.82. The largest absolute Gasteiger partial charge is 0.466 e. The monoisotopic (exact) mass is 255 g/mol. The summed E-state index contributed by atoms with van der Waals surface area (Å²) in [6.45, 7) is 3.94. The van der Waals surface area contributed by atoms with Crippen molar-refractivity contribution in [3.8, 4) is 0 Å². The Morgan fingerprint density at radius 1 is 1.44 bits per heavy atom. The summed E-state index contributed by atoms with van der Waals surface area (Å²) in [4.78, 5) is 1.13. The van der Waals surface area contributed by atoms with Crippen molar-refractivity contribution in [2.24, 2.45) is 0 Å². The van der Waals surface area contributed by atoms with Gasteiger partial charge in [0.25, 0.3) is 0 Å². The Morgan fingerprint density at radius 2 is 2.19 bits per heavy atom. The predicted octanol–water partition coefficient (Wildman–Crippen LogP) is 3.92. The molecule has 2 heterocycles. The van der Waals surface area contributed by atoms with Gasteiger partial charge in [-0.25, -0.2) is 0 Å². The first kappa shape index (κ1) is 11.7. The van der Waals surface area contributed by atoms with Gasteiger partial charge in [0.05, 0.1) is 11.1 Å². The molecule has 0 aliphatic rings. The van der Waals surface area contributed by atoms with Crippen LogP contribution in [0.5, 0.6) is 0 Å². The molecule has 2 aromatic rings. The second-order valence-corrected chi connectivity index (χ2v) is 5.08. The number of furan rings is 1. The maximum Gasteiger partial charge on any atom is 0.106 e. The lowest BCUT2D eigenvalue weighted by Crippen LogP contribution is -2.17. The molecule has 0 bridgehead atoms. The van der Waals surface area contributed by atoms with Gasteiger partial charge >= 0.3 is 0 Å². The second-order valence-electron chi connectivity index (χ2n) is 3.72. The van der Waals surface area contributed by atoms with Crippen LogP contribution in [0.1, 0.15) is 28.0 Å². The van der Waals surface area contributed by atoms with Crippen LogP contribution in [-0.4, -0.2) is 7.05 Å². The Kier molecular flexibility index (Phi) is 3.38. The van der Waals surface area contributed by atoms with Crippen molar-refractivity contribution in [2.45, 2.75) is 19.9 Å². The summed E-state index contributed by atoms with van der Waals surface area (Å²) < 4.78 is 5.56. The molecule has 0 fully saturated rings. The van der Waals surface area contributed by atoms with Crippen molar-refractivity contribution in [1.29, 1.82) is 0 Å². The van der Waals surface area contributed by atoms with Crippen molar-refractivity contribution in [1.82, 2.24) is 5.32 Å². The molecule has 0 aromatic carbocycles. The van der Waals surface area contributed by atoms with Gasteiger partial charge in [0.1, 0.15) is 11.5 Å². The van der Waals surface area contributed by atoms with Crippen LogP contribution in [0.25, 0.3) is 0 Å². The van der Waals surface area contributed by atoms with E-state index in [1.54, 1.807) is 11.3 Å². The molecule has 1 atom stereocenters. The van der Waals surface area contributed by atoms with Crippen LogP contribution in [0.3, 0.4) is 0 Å². The molecule has 0 radical (unpaired) electrons. The fourth-order valence-electron chi connectivity index (χ4n) is 1.88. The van der Waals surface area contributed by atoms with Crippen LogP contribution < -0.4 is 5.32 Å². The summed E-state index contributed by atoms with van der Waals surface area (Å²) in [5, 5.41) is 6.09. The quantitative estimate of drug-likeness (QED) is 0.899. The van der Waals surface area contributed by atoms with Gasteiger partial charge in [-0.2, -0.15) is 0 Å².